The third-order valence-corrected chi connectivity index (χ3v) is 5.18. The monoisotopic (exact) mass is 413 g/mol. The Hall–Kier alpha value is -3.26. The maximum absolute atomic E-state index is 13.0. The zero-order chi connectivity index (χ0) is 20.8. The van der Waals surface area contributed by atoms with Crippen LogP contribution in [-0.2, 0) is 16.0 Å². The number of nitrogens with one attached hydrogen (secondary N) is 2. The van der Waals surface area contributed by atoms with Crippen molar-refractivity contribution >= 4 is 23.2 Å². The summed E-state index contributed by atoms with van der Waals surface area (Å²) in [6.45, 7) is 3.66. The van der Waals surface area contributed by atoms with Gasteiger partial charge in [-0.1, -0.05) is 12.1 Å². The Morgan fingerprint density at radius 1 is 1.07 bits per heavy atom. The first-order valence-electron chi connectivity index (χ1n) is 8.89. The first-order chi connectivity index (χ1) is 13.9. The molecule has 3 rings (SSSR count). The summed E-state index contributed by atoms with van der Waals surface area (Å²) in [5.41, 5.74) is 8.04. The van der Waals surface area contributed by atoms with Gasteiger partial charge >= 0.3 is 0 Å². The number of aryl methyl sites for hydroxylation is 1. The number of benzene rings is 2. The topological polar surface area (TPSA) is 80.3 Å². The Balaban J connectivity index is 1.45. The summed E-state index contributed by atoms with van der Waals surface area (Å²) < 4.78 is 18.5. The minimum atomic E-state index is -0.468. The number of amides is 2. The highest BCUT2D eigenvalue weighted by molar-refractivity contribution is 7.13. The Bertz CT molecular complexity index is 1020. The normalized spacial score (nSPS) is 10.4. The number of aromatic nitrogens is 1. The van der Waals surface area contributed by atoms with Crippen LogP contribution in [-0.4, -0.2) is 23.4 Å². The molecule has 6 nitrogen and oxygen atoms in total. The lowest BCUT2D eigenvalue weighted by Crippen LogP contribution is -2.44. The molecule has 0 fully saturated rings. The summed E-state index contributed by atoms with van der Waals surface area (Å²) in [6.07, 6.45) is 0.00974. The minimum Gasteiger partial charge on any atom is -0.483 e. The molecule has 29 heavy (non-hydrogen) atoms. The molecule has 2 aromatic carbocycles. The maximum atomic E-state index is 13.0. The Kier molecular flexibility index (Phi) is 6.56. The zero-order valence-electron chi connectivity index (χ0n) is 16.0. The third-order valence-electron chi connectivity index (χ3n) is 4.24. The lowest BCUT2D eigenvalue weighted by Gasteiger charge is -2.11. The van der Waals surface area contributed by atoms with Crippen molar-refractivity contribution in [2.24, 2.45) is 0 Å². The van der Waals surface area contributed by atoms with E-state index in [-0.39, 0.29) is 18.8 Å². The fraction of sp³-hybridized carbons (Fsp3) is 0.190. The van der Waals surface area contributed by atoms with Gasteiger partial charge in [-0.3, -0.25) is 20.4 Å². The summed E-state index contributed by atoms with van der Waals surface area (Å²) >= 11 is 1.36. The SMILES string of the molecule is Cc1cccc(OCC(=O)NNC(=O)Cc2csc(-c3ccc(F)cc3)n2)c1C. The minimum absolute atomic E-state index is 0.00974. The number of carbonyl (C=O) groups excluding carboxylic acids is 2. The van der Waals surface area contributed by atoms with Gasteiger partial charge in [-0.2, -0.15) is 0 Å². The number of thiazole rings is 1. The third kappa shape index (κ3) is 5.61. The molecular weight excluding hydrogens is 393 g/mol. The van der Waals surface area contributed by atoms with Gasteiger partial charge in [-0.25, -0.2) is 9.37 Å². The van der Waals surface area contributed by atoms with E-state index < -0.39 is 11.8 Å². The van der Waals surface area contributed by atoms with Crippen molar-refractivity contribution in [3.63, 3.8) is 0 Å². The molecular formula is C21H20FN3O3S. The average Bonchev–Trinajstić information content (AvgIpc) is 3.16. The molecule has 0 aliphatic carbocycles. The van der Waals surface area contributed by atoms with E-state index in [1.165, 1.54) is 23.5 Å². The molecule has 0 saturated heterocycles. The molecule has 8 heteroatoms. The first kappa shape index (κ1) is 20.5. The van der Waals surface area contributed by atoms with Crippen LogP contribution >= 0.6 is 11.3 Å². The van der Waals surface area contributed by atoms with Crippen LogP contribution in [0.3, 0.4) is 0 Å². The van der Waals surface area contributed by atoms with Crippen LogP contribution in [0, 0.1) is 19.7 Å². The molecule has 2 N–H and O–H groups in total. The molecule has 0 atom stereocenters. The Morgan fingerprint density at radius 2 is 1.79 bits per heavy atom. The van der Waals surface area contributed by atoms with Crippen molar-refractivity contribution in [3.8, 4) is 16.3 Å². The summed E-state index contributed by atoms with van der Waals surface area (Å²) in [7, 11) is 0. The molecule has 3 aromatic rings. The molecule has 1 aromatic heterocycles. The number of hydrogen-bond donors (Lipinski definition) is 2. The van der Waals surface area contributed by atoms with E-state index in [0.717, 1.165) is 16.7 Å². The zero-order valence-corrected chi connectivity index (χ0v) is 16.8. The predicted octanol–water partition coefficient (Wildman–Crippen LogP) is 3.33. The van der Waals surface area contributed by atoms with E-state index in [0.29, 0.717) is 16.5 Å². The second-order valence-electron chi connectivity index (χ2n) is 6.41. The Morgan fingerprint density at radius 3 is 2.55 bits per heavy atom. The van der Waals surface area contributed by atoms with E-state index in [1.807, 2.05) is 26.0 Å². The van der Waals surface area contributed by atoms with Crippen LogP contribution in [0.5, 0.6) is 5.75 Å². The van der Waals surface area contributed by atoms with Gasteiger partial charge < -0.3 is 4.74 Å². The second-order valence-corrected chi connectivity index (χ2v) is 7.27. The number of hydrazine groups is 1. The number of carbonyl (C=O) groups is 2. The van der Waals surface area contributed by atoms with Crippen molar-refractivity contribution in [2.45, 2.75) is 20.3 Å². The number of nitrogens with zero attached hydrogens (tertiary/aromatic N) is 1. The number of halogens is 1. The molecule has 0 unspecified atom stereocenters. The highest BCUT2D eigenvalue weighted by Crippen LogP contribution is 2.24. The van der Waals surface area contributed by atoms with Crippen LogP contribution in [0.2, 0.25) is 0 Å². The quantitative estimate of drug-likeness (QED) is 0.608. The van der Waals surface area contributed by atoms with Crippen molar-refractivity contribution in [1.82, 2.24) is 15.8 Å². The van der Waals surface area contributed by atoms with Gasteiger partial charge in [0, 0.05) is 10.9 Å². The van der Waals surface area contributed by atoms with Crippen LogP contribution in [0.15, 0.2) is 47.8 Å². The highest BCUT2D eigenvalue weighted by atomic mass is 32.1. The van der Waals surface area contributed by atoms with Gasteiger partial charge in [0.25, 0.3) is 5.91 Å². The number of ether oxygens (including phenoxy) is 1. The molecule has 0 saturated carbocycles. The largest absolute Gasteiger partial charge is 0.483 e. The first-order valence-corrected chi connectivity index (χ1v) is 9.77. The van der Waals surface area contributed by atoms with Gasteiger partial charge in [0.2, 0.25) is 5.91 Å². The van der Waals surface area contributed by atoms with E-state index >= 15 is 0 Å². The van der Waals surface area contributed by atoms with E-state index in [1.54, 1.807) is 23.6 Å². The molecule has 0 radical (unpaired) electrons. The van der Waals surface area contributed by atoms with E-state index in [4.69, 9.17) is 4.74 Å². The standard InChI is InChI=1S/C21H20FN3O3S/c1-13-4-3-5-18(14(13)2)28-11-20(27)25-24-19(26)10-17-12-29-21(23-17)15-6-8-16(22)9-7-15/h3-9,12H,10-11H2,1-2H3,(H,24,26)(H,25,27). The van der Waals surface area contributed by atoms with Crippen molar-refractivity contribution in [2.75, 3.05) is 6.61 Å². The number of hydrogen-bond acceptors (Lipinski definition) is 5. The molecule has 0 spiro atoms. The predicted molar refractivity (Wildman–Crippen MR) is 109 cm³/mol. The van der Waals surface area contributed by atoms with Crippen molar-refractivity contribution in [1.29, 1.82) is 0 Å². The van der Waals surface area contributed by atoms with Gasteiger partial charge in [0.15, 0.2) is 6.61 Å². The van der Waals surface area contributed by atoms with Gasteiger partial charge in [-0.15, -0.1) is 11.3 Å². The molecule has 2 amide bonds. The number of rotatable bonds is 6. The smallest absolute Gasteiger partial charge is 0.276 e. The van der Waals surface area contributed by atoms with Crippen LogP contribution in [0.4, 0.5) is 4.39 Å². The van der Waals surface area contributed by atoms with E-state index in [2.05, 4.69) is 15.8 Å². The summed E-state index contributed by atoms with van der Waals surface area (Å²) in [5, 5.41) is 2.45. The Labute approximate surface area is 171 Å². The summed E-state index contributed by atoms with van der Waals surface area (Å²) in [5.74, 6) is -0.560. The van der Waals surface area contributed by atoms with Gasteiger partial charge in [0.05, 0.1) is 12.1 Å². The molecule has 0 aliphatic rings. The fourth-order valence-corrected chi connectivity index (χ4v) is 3.35. The lowest BCUT2D eigenvalue weighted by molar-refractivity contribution is -0.129. The molecule has 150 valence electrons. The van der Waals surface area contributed by atoms with Gasteiger partial charge in [0.1, 0.15) is 16.6 Å². The van der Waals surface area contributed by atoms with Gasteiger partial charge in [-0.05, 0) is 55.3 Å². The summed E-state index contributed by atoms with van der Waals surface area (Å²) in [4.78, 5) is 28.3. The van der Waals surface area contributed by atoms with Crippen LogP contribution < -0.4 is 15.6 Å². The fourth-order valence-electron chi connectivity index (χ4n) is 2.52. The summed E-state index contributed by atoms with van der Waals surface area (Å²) in [6, 6.07) is 11.6. The lowest BCUT2D eigenvalue weighted by atomic mass is 10.1. The van der Waals surface area contributed by atoms with Crippen molar-refractivity contribution in [3.05, 3.63) is 70.5 Å². The van der Waals surface area contributed by atoms with E-state index in [9.17, 15) is 14.0 Å². The highest BCUT2D eigenvalue weighted by Gasteiger charge is 2.11. The van der Waals surface area contributed by atoms with Crippen molar-refractivity contribution < 1.29 is 18.7 Å². The molecule has 0 aliphatic heterocycles. The molecule has 0 bridgehead atoms. The van der Waals surface area contributed by atoms with Crippen LogP contribution in [0.1, 0.15) is 16.8 Å². The molecule has 1 heterocycles. The van der Waals surface area contributed by atoms with Crippen LogP contribution in [0.25, 0.3) is 10.6 Å². The maximum Gasteiger partial charge on any atom is 0.276 e. The average molecular weight is 413 g/mol. The second kappa shape index (κ2) is 9.29.